The van der Waals surface area contributed by atoms with Gasteiger partial charge in [-0.05, 0) is 30.3 Å². The molecule has 7 heteroatoms. The number of carbonyl (C=O) groups excluding carboxylic acids is 2. The summed E-state index contributed by atoms with van der Waals surface area (Å²) in [6.07, 6.45) is 7.90. The van der Waals surface area contributed by atoms with Gasteiger partial charge in [0.15, 0.2) is 12.4 Å². The second kappa shape index (κ2) is 11.0. The third kappa shape index (κ3) is 5.65. The molecule has 35 heavy (non-hydrogen) atoms. The normalized spacial score (nSPS) is 11.0. The summed E-state index contributed by atoms with van der Waals surface area (Å²) in [5.41, 5.74) is 2.85. The Hall–Kier alpha value is -4.65. The van der Waals surface area contributed by atoms with Crippen LogP contribution in [0.3, 0.4) is 0 Å². The zero-order valence-electron chi connectivity index (χ0n) is 19.2. The molecule has 0 unspecified atom stereocenters. The predicted molar refractivity (Wildman–Crippen MR) is 136 cm³/mol. The van der Waals surface area contributed by atoms with E-state index in [0.29, 0.717) is 30.1 Å². The SMILES string of the molecule is C=CCN(CC=C)C(=O)COC(=O)/C=C/c1cn(-c2ccccc2)nc1-c1cc2ccccc2o1. The molecule has 0 atom stereocenters. The molecule has 0 fully saturated rings. The minimum atomic E-state index is -0.640. The molecule has 2 heterocycles. The maximum absolute atomic E-state index is 12.4. The molecule has 0 aliphatic rings. The van der Waals surface area contributed by atoms with Gasteiger partial charge in [0.1, 0.15) is 11.3 Å². The Kier molecular flexibility index (Phi) is 7.37. The van der Waals surface area contributed by atoms with Crippen LogP contribution in [0.25, 0.3) is 34.2 Å². The molecule has 0 saturated carbocycles. The zero-order chi connectivity index (χ0) is 24.6. The standard InChI is InChI=1S/C28H25N3O4/c1-3-16-30(17-4-2)26(32)20-34-27(33)15-14-22-19-31(23-11-6-5-7-12-23)29-28(22)25-18-21-10-8-9-13-24(21)35-25/h3-15,18-19H,1-2,16-17,20H2/b15-14+. The number of hydrogen-bond donors (Lipinski definition) is 0. The zero-order valence-corrected chi connectivity index (χ0v) is 19.2. The second-order valence-electron chi connectivity index (χ2n) is 7.68. The molecule has 0 aliphatic heterocycles. The smallest absolute Gasteiger partial charge is 0.331 e. The molecule has 4 aromatic rings. The maximum atomic E-state index is 12.4. The van der Waals surface area contributed by atoms with E-state index in [1.54, 1.807) is 22.9 Å². The fourth-order valence-electron chi connectivity index (χ4n) is 3.53. The maximum Gasteiger partial charge on any atom is 0.331 e. The van der Waals surface area contributed by atoms with E-state index >= 15 is 0 Å². The number of benzene rings is 2. The van der Waals surface area contributed by atoms with Gasteiger partial charge in [0.2, 0.25) is 0 Å². The lowest BCUT2D eigenvalue weighted by Gasteiger charge is -2.18. The van der Waals surface area contributed by atoms with Crippen molar-refractivity contribution in [3.63, 3.8) is 0 Å². The van der Waals surface area contributed by atoms with Gasteiger partial charge in [-0.2, -0.15) is 5.10 Å². The van der Waals surface area contributed by atoms with Gasteiger partial charge in [-0.25, -0.2) is 9.48 Å². The number of ether oxygens (including phenoxy) is 1. The number of carbonyl (C=O) groups is 2. The summed E-state index contributed by atoms with van der Waals surface area (Å²) >= 11 is 0. The summed E-state index contributed by atoms with van der Waals surface area (Å²) in [7, 11) is 0. The highest BCUT2D eigenvalue weighted by molar-refractivity contribution is 5.91. The fraction of sp³-hybridized carbons (Fsp3) is 0.107. The van der Waals surface area contributed by atoms with E-state index in [-0.39, 0.29) is 12.5 Å². The highest BCUT2D eigenvalue weighted by Crippen LogP contribution is 2.30. The Morgan fingerprint density at radius 3 is 2.46 bits per heavy atom. The van der Waals surface area contributed by atoms with Crippen LogP contribution in [0.4, 0.5) is 0 Å². The van der Waals surface area contributed by atoms with Gasteiger partial charge >= 0.3 is 5.97 Å². The topological polar surface area (TPSA) is 77.6 Å². The van der Waals surface area contributed by atoms with Gasteiger partial charge in [0.25, 0.3) is 5.91 Å². The Morgan fingerprint density at radius 1 is 1.03 bits per heavy atom. The number of furan rings is 1. The third-order valence-electron chi connectivity index (χ3n) is 5.21. The molecule has 4 rings (SSSR count). The summed E-state index contributed by atoms with van der Waals surface area (Å²) < 4.78 is 12.9. The van der Waals surface area contributed by atoms with Gasteiger partial charge in [-0.3, -0.25) is 4.79 Å². The number of nitrogens with zero attached hydrogens (tertiary/aromatic N) is 3. The number of esters is 1. The Labute approximate surface area is 203 Å². The molecule has 0 bridgehead atoms. The molecule has 0 radical (unpaired) electrons. The van der Waals surface area contributed by atoms with Crippen LogP contribution in [-0.2, 0) is 14.3 Å². The van der Waals surface area contributed by atoms with E-state index in [0.717, 1.165) is 16.7 Å². The Balaban J connectivity index is 1.56. The molecule has 7 nitrogen and oxygen atoms in total. The summed E-state index contributed by atoms with van der Waals surface area (Å²) in [6, 6.07) is 19.2. The van der Waals surface area contributed by atoms with Gasteiger partial charge in [-0.1, -0.05) is 48.6 Å². The molecular formula is C28H25N3O4. The van der Waals surface area contributed by atoms with Crippen molar-refractivity contribution in [3.05, 3.63) is 104 Å². The fourth-order valence-corrected chi connectivity index (χ4v) is 3.53. The summed E-state index contributed by atoms with van der Waals surface area (Å²) in [6.45, 7) is 7.58. The quantitative estimate of drug-likeness (QED) is 0.185. The van der Waals surface area contributed by atoms with Crippen LogP contribution >= 0.6 is 0 Å². The second-order valence-corrected chi connectivity index (χ2v) is 7.68. The molecular weight excluding hydrogens is 442 g/mol. The number of amides is 1. The van der Waals surface area contributed by atoms with Crippen LogP contribution in [0.1, 0.15) is 5.56 Å². The minimum Gasteiger partial charge on any atom is -0.454 e. The molecule has 0 aliphatic carbocycles. The van der Waals surface area contributed by atoms with E-state index < -0.39 is 5.97 Å². The Morgan fingerprint density at radius 2 is 1.74 bits per heavy atom. The van der Waals surface area contributed by atoms with E-state index in [2.05, 4.69) is 13.2 Å². The third-order valence-corrected chi connectivity index (χ3v) is 5.21. The average molecular weight is 468 g/mol. The van der Waals surface area contributed by atoms with Crippen molar-refractivity contribution in [2.24, 2.45) is 0 Å². The molecule has 1 amide bonds. The lowest BCUT2D eigenvalue weighted by molar-refractivity contribution is -0.147. The number of fused-ring (bicyclic) bond motifs is 1. The van der Waals surface area contributed by atoms with Crippen LogP contribution in [0, 0.1) is 0 Å². The van der Waals surface area contributed by atoms with E-state index in [1.807, 2.05) is 66.9 Å². The lowest BCUT2D eigenvalue weighted by atomic mass is 10.2. The van der Waals surface area contributed by atoms with Crippen molar-refractivity contribution in [3.8, 4) is 17.1 Å². The van der Waals surface area contributed by atoms with Gasteiger partial charge < -0.3 is 14.1 Å². The van der Waals surface area contributed by atoms with Crippen molar-refractivity contribution in [1.29, 1.82) is 0 Å². The van der Waals surface area contributed by atoms with Crippen LogP contribution in [0.2, 0.25) is 0 Å². The first-order valence-electron chi connectivity index (χ1n) is 11.1. The van der Waals surface area contributed by atoms with Crippen molar-refractivity contribution >= 4 is 28.9 Å². The minimum absolute atomic E-state index is 0.327. The van der Waals surface area contributed by atoms with Gasteiger partial charge in [0, 0.05) is 36.3 Å². The van der Waals surface area contributed by atoms with Gasteiger partial charge in [-0.15, -0.1) is 13.2 Å². The van der Waals surface area contributed by atoms with Crippen molar-refractivity contribution in [2.75, 3.05) is 19.7 Å². The summed E-state index contributed by atoms with van der Waals surface area (Å²) in [5.74, 6) is -0.390. The number of hydrogen-bond acceptors (Lipinski definition) is 5. The summed E-state index contributed by atoms with van der Waals surface area (Å²) in [5, 5.41) is 5.65. The molecule has 2 aromatic carbocycles. The first-order valence-corrected chi connectivity index (χ1v) is 11.1. The van der Waals surface area contributed by atoms with E-state index in [9.17, 15) is 9.59 Å². The van der Waals surface area contributed by atoms with Crippen molar-refractivity contribution in [1.82, 2.24) is 14.7 Å². The van der Waals surface area contributed by atoms with Crippen molar-refractivity contribution in [2.45, 2.75) is 0 Å². The number of rotatable bonds is 10. The lowest BCUT2D eigenvalue weighted by Crippen LogP contribution is -2.34. The first kappa shape index (κ1) is 23.5. The molecule has 2 aromatic heterocycles. The van der Waals surface area contributed by atoms with E-state index in [1.165, 1.54) is 11.0 Å². The van der Waals surface area contributed by atoms with Crippen LogP contribution in [-0.4, -0.2) is 46.3 Å². The largest absolute Gasteiger partial charge is 0.454 e. The highest BCUT2D eigenvalue weighted by Gasteiger charge is 2.16. The van der Waals surface area contributed by atoms with Crippen LogP contribution in [0.15, 0.2) is 103 Å². The van der Waals surface area contributed by atoms with E-state index in [4.69, 9.17) is 14.3 Å². The van der Waals surface area contributed by atoms with Crippen molar-refractivity contribution < 1.29 is 18.7 Å². The van der Waals surface area contributed by atoms with Crippen LogP contribution in [0.5, 0.6) is 0 Å². The molecule has 0 N–H and O–H groups in total. The molecule has 0 saturated heterocycles. The highest BCUT2D eigenvalue weighted by atomic mass is 16.5. The molecule has 0 spiro atoms. The predicted octanol–water partition coefficient (Wildman–Crippen LogP) is 5.04. The number of para-hydroxylation sites is 2. The Bertz CT molecular complexity index is 1340. The van der Waals surface area contributed by atoms with Gasteiger partial charge in [0.05, 0.1) is 5.69 Å². The summed E-state index contributed by atoms with van der Waals surface area (Å²) in [4.78, 5) is 26.1. The first-order chi connectivity index (χ1) is 17.1. The number of aromatic nitrogens is 2. The molecule has 176 valence electrons. The average Bonchev–Trinajstić information content (AvgIpc) is 3.50. The van der Waals surface area contributed by atoms with Crippen LogP contribution < -0.4 is 0 Å². The monoisotopic (exact) mass is 467 g/mol.